The van der Waals surface area contributed by atoms with E-state index in [0.29, 0.717) is 16.9 Å². The Bertz CT molecular complexity index is 924. The molecule has 9 heteroatoms. The van der Waals surface area contributed by atoms with E-state index < -0.39 is 10.1 Å². The van der Waals surface area contributed by atoms with E-state index in [-0.39, 0.29) is 22.8 Å². The lowest BCUT2D eigenvalue weighted by molar-refractivity contribution is 0.483. The predicted molar refractivity (Wildman–Crippen MR) is 89.9 cm³/mol. The lowest BCUT2D eigenvalue weighted by Gasteiger charge is -1.94. The highest BCUT2D eigenvalue weighted by molar-refractivity contribution is 7.85. The van der Waals surface area contributed by atoms with Crippen LogP contribution in [0.4, 0.5) is 0 Å². The minimum Gasteiger partial charge on any atom is -0.412 e. The van der Waals surface area contributed by atoms with Crippen molar-refractivity contribution in [3.63, 3.8) is 0 Å². The normalized spacial score (nSPS) is 11.2. The Kier molecular flexibility index (Phi) is 5.99. The molecular weight excluding hydrogens is 342 g/mol. The number of nitrogens with zero attached hydrogens (tertiary/aromatic N) is 2. The van der Waals surface area contributed by atoms with Crippen LogP contribution in [0.1, 0.15) is 11.5 Å². The molecule has 0 aliphatic heterocycles. The van der Waals surface area contributed by atoms with Gasteiger partial charge in [0.1, 0.15) is 5.82 Å². The number of imidazole rings is 1. The zero-order valence-corrected chi connectivity index (χ0v) is 13.3. The Labute approximate surface area is 138 Å². The van der Waals surface area contributed by atoms with Crippen LogP contribution in [0.15, 0.2) is 47.5 Å². The Morgan fingerprint density at radius 1 is 1.13 bits per heavy atom. The van der Waals surface area contributed by atoms with Gasteiger partial charge in [-0.15, -0.1) is 12.4 Å². The second-order valence-corrected chi connectivity index (χ2v) is 5.79. The van der Waals surface area contributed by atoms with Crippen LogP contribution >= 0.6 is 12.4 Å². The maximum Gasteiger partial charge on any atom is 0.294 e. The molecule has 0 atom stereocenters. The van der Waals surface area contributed by atoms with Crippen LogP contribution in [0.25, 0.3) is 23.2 Å². The highest BCUT2D eigenvalue weighted by atomic mass is 35.5. The lowest BCUT2D eigenvalue weighted by atomic mass is 10.3. The predicted octanol–water partition coefficient (Wildman–Crippen LogP) is 1.97. The van der Waals surface area contributed by atoms with Crippen molar-refractivity contribution in [1.82, 2.24) is 15.0 Å². The van der Waals surface area contributed by atoms with Crippen LogP contribution in [0, 0.1) is 0 Å². The Morgan fingerprint density at radius 3 is 2.57 bits per heavy atom. The average molecular weight is 356 g/mol. The molecular formula is C14H14ClN3O4S. The lowest BCUT2D eigenvalue weighted by Crippen LogP contribution is -1.97. The molecule has 23 heavy (non-hydrogen) atoms. The number of pyridine rings is 1. The summed E-state index contributed by atoms with van der Waals surface area (Å²) < 4.78 is 31.2. The summed E-state index contributed by atoms with van der Waals surface area (Å²) in [5.41, 5.74) is 1.94. The molecule has 0 unspecified atom stereocenters. The number of fused-ring (bicyclic) bond motifs is 1. The van der Waals surface area contributed by atoms with E-state index in [1.807, 2.05) is 18.2 Å². The third kappa shape index (κ3) is 4.36. The quantitative estimate of drug-likeness (QED) is 0.694. The van der Waals surface area contributed by atoms with Crippen molar-refractivity contribution >= 4 is 45.7 Å². The summed E-state index contributed by atoms with van der Waals surface area (Å²) in [6, 6.07) is 9.76. The first-order chi connectivity index (χ1) is 10.0. The van der Waals surface area contributed by atoms with Crippen LogP contribution in [0.3, 0.4) is 0 Å². The number of halogens is 1. The molecule has 0 aliphatic carbocycles. The molecule has 2 heterocycles. The maximum atomic E-state index is 11.1. The summed E-state index contributed by atoms with van der Waals surface area (Å²) in [5, 5.41) is 0. The van der Waals surface area contributed by atoms with Crippen LogP contribution in [-0.2, 0) is 10.1 Å². The minimum absolute atomic E-state index is 0. The second-order valence-electron chi connectivity index (χ2n) is 4.36. The van der Waals surface area contributed by atoms with Gasteiger partial charge in [0.2, 0.25) is 0 Å². The third-order valence-corrected chi connectivity index (χ3v) is 3.72. The van der Waals surface area contributed by atoms with Crippen molar-refractivity contribution < 1.29 is 18.4 Å². The van der Waals surface area contributed by atoms with E-state index in [9.17, 15) is 8.42 Å². The number of nitrogens with one attached hydrogen (secondary N) is 1. The van der Waals surface area contributed by atoms with Crippen molar-refractivity contribution in [2.24, 2.45) is 0 Å². The summed E-state index contributed by atoms with van der Waals surface area (Å²) in [6.07, 6.45) is 5.23. The van der Waals surface area contributed by atoms with Crippen LogP contribution in [0.5, 0.6) is 0 Å². The van der Waals surface area contributed by atoms with Gasteiger partial charge >= 0.3 is 0 Å². The van der Waals surface area contributed by atoms with Gasteiger partial charge in [-0.25, -0.2) is 4.98 Å². The van der Waals surface area contributed by atoms with Crippen molar-refractivity contribution in [2.45, 2.75) is 4.90 Å². The molecule has 2 aromatic heterocycles. The number of aromatic nitrogens is 3. The number of benzene rings is 1. The molecule has 0 aliphatic rings. The van der Waals surface area contributed by atoms with E-state index in [0.717, 1.165) is 5.69 Å². The molecule has 0 fully saturated rings. The minimum atomic E-state index is -4.22. The zero-order chi connectivity index (χ0) is 14.9. The monoisotopic (exact) mass is 355 g/mol. The van der Waals surface area contributed by atoms with Crippen LogP contribution in [-0.4, -0.2) is 33.4 Å². The van der Waals surface area contributed by atoms with Gasteiger partial charge in [-0.2, -0.15) is 8.42 Å². The topological polar surface area (TPSA) is 127 Å². The van der Waals surface area contributed by atoms with Gasteiger partial charge in [0.05, 0.1) is 21.6 Å². The fraction of sp³-hybridized carbons (Fsp3) is 0. The maximum absolute atomic E-state index is 11.1. The smallest absolute Gasteiger partial charge is 0.294 e. The SMILES string of the molecule is Cl.O.O=S(=O)(O)c1ccc2[nH]c(C=Cc3ccccn3)nc2c1. The number of rotatable bonds is 3. The zero-order valence-electron chi connectivity index (χ0n) is 11.7. The van der Waals surface area contributed by atoms with Gasteiger partial charge < -0.3 is 10.5 Å². The van der Waals surface area contributed by atoms with Crippen LogP contribution in [0.2, 0.25) is 0 Å². The first-order valence-corrected chi connectivity index (χ1v) is 7.53. The van der Waals surface area contributed by atoms with Gasteiger partial charge in [0, 0.05) is 6.20 Å². The van der Waals surface area contributed by atoms with Gasteiger partial charge in [-0.1, -0.05) is 6.07 Å². The van der Waals surface area contributed by atoms with Crippen molar-refractivity contribution in [3.05, 3.63) is 54.1 Å². The third-order valence-electron chi connectivity index (χ3n) is 2.87. The molecule has 0 bridgehead atoms. The van der Waals surface area contributed by atoms with Crippen molar-refractivity contribution in [2.75, 3.05) is 0 Å². The molecule has 7 nitrogen and oxygen atoms in total. The summed E-state index contributed by atoms with van der Waals surface area (Å²) >= 11 is 0. The Morgan fingerprint density at radius 2 is 1.91 bits per heavy atom. The number of hydrogen-bond donors (Lipinski definition) is 2. The largest absolute Gasteiger partial charge is 0.412 e. The highest BCUT2D eigenvalue weighted by Gasteiger charge is 2.11. The number of aromatic amines is 1. The van der Waals surface area contributed by atoms with E-state index in [2.05, 4.69) is 15.0 Å². The number of H-pyrrole nitrogens is 1. The standard InChI is InChI=1S/C14H11N3O3S.ClH.H2O/c18-21(19,20)11-5-6-12-13(9-11)17-14(16-12)7-4-10-3-1-2-8-15-10;;/h1-9H,(H,16,17)(H,18,19,20);1H;1H2. The fourth-order valence-corrected chi connectivity index (χ4v) is 2.38. The molecule has 0 amide bonds. The number of hydrogen-bond acceptors (Lipinski definition) is 4. The summed E-state index contributed by atoms with van der Waals surface area (Å²) in [4.78, 5) is 11.3. The molecule has 0 radical (unpaired) electrons. The molecule has 0 saturated carbocycles. The van der Waals surface area contributed by atoms with Gasteiger partial charge in [0.15, 0.2) is 0 Å². The molecule has 4 N–H and O–H groups in total. The molecule has 0 saturated heterocycles. The first-order valence-electron chi connectivity index (χ1n) is 6.09. The van der Waals surface area contributed by atoms with E-state index >= 15 is 0 Å². The fourth-order valence-electron chi connectivity index (χ4n) is 1.88. The Balaban J connectivity index is 0.00000132. The first kappa shape index (κ1) is 18.8. The van der Waals surface area contributed by atoms with Gasteiger partial charge in [-0.05, 0) is 42.5 Å². The van der Waals surface area contributed by atoms with E-state index in [1.54, 1.807) is 24.4 Å². The van der Waals surface area contributed by atoms with E-state index in [4.69, 9.17) is 4.55 Å². The van der Waals surface area contributed by atoms with Gasteiger partial charge in [0.25, 0.3) is 10.1 Å². The Hall–Kier alpha value is -2.26. The molecule has 122 valence electrons. The molecule has 3 aromatic rings. The molecule has 3 rings (SSSR count). The van der Waals surface area contributed by atoms with Crippen molar-refractivity contribution in [1.29, 1.82) is 0 Å². The summed E-state index contributed by atoms with van der Waals surface area (Å²) in [5.74, 6) is 0.572. The van der Waals surface area contributed by atoms with E-state index in [1.165, 1.54) is 12.1 Å². The molecule has 0 spiro atoms. The molecule has 1 aromatic carbocycles. The van der Waals surface area contributed by atoms with Crippen molar-refractivity contribution in [3.8, 4) is 0 Å². The van der Waals surface area contributed by atoms with Crippen LogP contribution < -0.4 is 0 Å². The summed E-state index contributed by atoms with van der Waals surface area (Å²) in [6.45, 7) is 0. The summed E-state index contributed by atoms with van der Waals surface area (Å²) in [7, 11) is -4.22. The second kappa shape index (κ2) is 7.34. The van der Waals surface area contributed by atoms with Gasteiger partial charge in [-0.3, -0.25) is 9.54 Å². The highest BCUT2D eigenvalue weighted by Crippen LogP contribution is 2.18. The average Bonchev–Trinajstić information content (AvgIpc) is 2.87.